The van der Waals surface area contributed by atoms with Gasteiger partial charge in [-0.05, 0) is 12.3 Å². The van der Waals surface area contributed by atoms with E-state index in [9.17, 15) is 4.79 Å². The second-order valence-corrected chi connectivity index (χ2v) is 3.57. The van der Waals surface area contributed by atoms with Gasteiger partial charge in [0, 0.05) is 18.7 Å². The van der Waals surface area contributed by atoms with Crippen LogP contribution in [0.5, 0.6) is 0 Å². The molecule has 0 aliphatic heterocycles. The lowest BCUT2D eigenvalue weighted by atomic mass is 10.1. The molecule has 1 atom stereocenters. The number of rotatable bonds is 4. The maximum Gasteiger partial charge on any atom is 0.217 e. The van der Waals surface area contributed by atoms with Crippen LogP contribution in [-0.2, 0) is 4.79 Å². The number of thiol groups is 1. The van der Waals surface area contributed by atoms with E-state index in [1.165, 1.54) is 6.92 Å². The molecule has 0 bridgehead atoms. The fraction of sp³-hybridized carbons (Fsp3) is 0.875. The van der Waals surface area contributed by atoms with Crippen molar-refractivity contribution in [1.29, 1.82) is 0 Å². The first kappa shape index (κ1) is 10.8. The Morgan fingerprint density at radius 1 is 1.55 bits per heavy atom. The SMILES string of the molecule is CC(=O)NC(CS)CC(C)C. The van der Waals surface area contributed by atoms with E-state index in [0.29, 0.717) is 5.92 Å². The van der Waals surface area contributed by atoms with Crippen LogP contribution in [-0.4, -0.2) is 17.7 Å². The first-order chi connectivity index (χ1) is 5.06. The highest BCUT2D eigenvalue weighted by Crippen LogP contribution is 2.05. The van der Waals surface area contributed by atoms with Crippen LogP contribution in [0, 0.1) is 5.92 Å². The molecule has 0 aromatic carbocycles. The maximum atomic E-state index is 10.6. The first-order valence-corrected chi connectivity index (χ1v) is 4.57. The molecule has 0 aromatic rings. The van der Waals surface area contributed by atoms with Gasteiger partial charge in [0.15, 0.2) is 0 Å². The molecule has 0 aliphatic rings. The Hall–Kier alpha value is -0.180. The third-order valence-electron chi connectivity index (χ3n) is 1.38. The van der Waals surface area contributed by atoms with Crippen LogP contribution in [0.1, 0.15) is 27.2 Å². The zero-order valence-electron chi connectivity index (χ0n) is 7.42. The molecule has 1 unspecified atom stereocenters. The van der Waals surface area contributed by atoms with Gasteiger partial charge < -0.3 is 5.32 Å². The maximum absolute atomic E-state index is 10.6. The van der Waals surface area contributed by atoms with Gasteiger partial charge in [-0.2, -0.15) is 12.6 Å². The topological polar surface area (TPSA) is 29.1 Å². The standard InChI is InChI=1S/C8H17NOS/c1-6(2)4-8(5-11)9-7(3)10/h6,8,11H,4-5H2,1-3H3,(H,9,10). The smallest absolute Gasteiger partial charge is 0.217 e. The van der Waals surface area contributed by atoms with E-state index >= 15 is 0 Å². The van der Waals surface area contributed by atoms with Crippen molar-refractivity contribution in [2.24, 2.45) is 5.92 Å². The van der Waals surface area contributed by atoms with Crippen molar-refractivity contribution in [2.45, 2.75) is 33.2 Å². The summed E-state index contributed by atoms with van der Waals surface area (Å²) in [5, 5.41) is 2.85. The molecule has 0 fully saturated rings. The molecule has 1 N–H and O–H groups in total. The molecule has 0 saturated heterocycles. The monoisotopic (exact) mass is 175 g/mol. The summed E-state index contributed by atoms with van der Waals surface area (Å²) in [7, 11) is 0. The highest BCUT2D eigenvalue weighted by atomic mass is 32.1. The number of carbonyl (C=O) groups is 1. The normalized spacial score (nSPS) is 13.2. The summed E-state index contributed by atoms with van der Waals surface area (Å²) < 4.78 is 0. The summed E-state index contributed by atoms with van der Waals surface area (Å²) in [4.78, 5) is 10.6. The summed E-state index contributed by atoms with van der Waals surface area (Å²) in [6, 6.07) is 0.232. The molecule has 3 heteroatoms. The summed E-state index contributed by atoms with van der Waals surface area (Å²) >= 11 is 4.15. The Bertz CT molecular complexity index is 125. The molecule has 11 heavy (non-hydrogen) atoms. The van der Waals surface area contributed by atoms with Crippen molar-refractivity contribution in [3.05, 3.63) is 0 Å². The summed E-state index contributed by atoms with van der Waals surface area (Å²) in [6.07, 6.45) is 1.00. The molecule has 0 saturated carbocycles. The summed E-state index contributed by atoms with van der Waals surface area (Å²) in [6.45, 7) is 5.81. The Labute approximate surface area is 74.2 Å². The molecule has 0 spiro atoms. The number of hydrogen-bond acceptors (Lipinski definition) is 2. The second-order valence-electron chi connectivity index (χ2n) is 3.21. The predicted molar refractivity (Wildman–Crippen MR) is 50.9 cm³/mol. The molecule has 0 radical (unpaired) electrons. The van der Waals surface area contributed by atoms with Gasteiger partial charge in [-0.1, -0.05) is 13.8 Å². The Kier molecular flexibility index (Phi) is 5.38. The fourth-order valence-electron chi connectivity index (χ4n) is 1.04. The van der Waals surface area contributed by atoms with Crippen molar-refractivity contribution in [3.63, 3.8) is 0 Å². The van der Waals surface area contributed by atoms with Crippen LogP contribution in [0.2, 0.25) is 0 Å². The molecule has 0 heterocycles. The van der Waals surface area contributed by atoms with Crippen LogP contribution in [0.15, 0.2) is 0 Å². The Morgan fingerprint density at radius 2 is 2.09 bits per heavy atom. The zero-order valence-corrected chi connectivity index (χ0v) is 8.32. The number of carbonyl (C=O) groups excluding carboxylic acids is 1. The molecule has 0 rings (SSSR count). The quantitative estimate of drug-likeness (QED) is 0.622. The Morgan fingerprint density at radius 3 is 2.36 bits per heavy atom. The van der Waals surface area contributed by atoms with Gasteiger partial charge in [0.25, 0.3) is 0 Å². The number of hydrogen-bond donors (Lipinski definition) is 2. The minimum Gasteiger partial charge on any atom is -0.353 e. The van der Waals surface area contributed by atoms with Crippen molar-refractivity contribution in [3.8, 4) is 0 Å². The van der Waals surface area contributed by atoms with Gasteiger partial charge in [0.1, 0.15) is 0 Å². The largest absolute Gasteiger partial charge is 0.353 e. The van der Waals surface area contributed by atoms with E-state index < -0.39 is 0 Å². The lowest BCUT2D eigenvalue weighted by molar-refractivity contribution is -0.119. The van der Waals surface area contributed by atoms with Gasteiger partial charge >= 0.3 is 0 Å². The van der Waals surface area contributed by atoms with E-state index in [2.05, 4.69) is 31.8 Å². The van der Waals surface area contributed by atoms with Crippen molar-refractivity contribution >= 4 is 18.5 Å². The average molecular weight is 175 g/mol. The predicted octanol–water partition coefficient (Wildman–Crippen LogP) is 1.47. The molecule has 2 nitrogen and oxygen atoms in total. The van der Waals surface area contributed by atoms with Gasteiger partial charge in [-0.25, -0.2) is 0 Å². The highest BCUT2D eigenvalue weighted by Gasteiger charge is 2.08. The van der Waals surface area contributed by atoms with E-state index in [4.69, 9.17) is 0 Å². The van der Waals surface area contributed by atoms with Crippen molar-refractivity contribution in [2.75, 3.05) is 5.75 Å². The lowest BCUT2D eigenvalue weighted by Gasteiger charge is -2.16. The highest BCUT2D eigenvalue weighted by molar-refractivity contribution is 7.80. The third-order valence-corrected chi connectivity index (χ3v) is 1.82. The summed E-state index contributed by atoms with van der Waals surface area (Å²) in [5.41, 5.74) is 0. The third kappa shape index (κ3) is 6.23. The van der Waals surface area contributed by atoms with E-state index in [0.717, 1.165) is 12.2 Å². The van der Waals surface area contributed by atoms with Crippen molar-refractivity contribution in [1.82, 2.24) is 5.32 Å². The lowest BCUT2D eigenvalue weighted by Crippen LogP contribution is -2.35. The van der Waals surface area contributed by atoms with Gasteiger partial charge in [-0.15, -0.1) is 0 Å². The Balaban J connectivity index is 3.66. The minimum absolute atomic E-state index is 0.0321. The van der Waals surface area contributed by atoms with Crippen LogP contribution in [0.4, 0.5) is 0 Å². The van der Waals surface area contributed by atoms with Crippen molar-refractivity contribution < 1.29 is 4.79 Å². The van der Waals surface area contributed by atoms with Crippen LogP contribution in [0.3, 0.4) is 0 Å². The van der Waals surface area contributed by atoms with Crippen LogP contribution >= 0.6 is 12.6 Å². The van der Waals surface area contributed by atoms with E-state index in [1.54, 1.807) is 0 Å². The van der Waals surface area contributed by atoms with Gasteiger partial charge in [0.05, 0.1) is 0 Å². The number of nitrogens with one attached hydrogen (secondary N) is 1. The van der Waals surface area contributed by atoms with Crippen LogP contribution < -0.4 is 5.32 Å². The fourth-order valence-corrected chi connectivity index (χ4v) is 1.28. The molecule has 0 aromatic heterocycles. The number of amides is 1. The zero-order chi connectivity index (χ0) is 8.85. The minimum atomic E-state index is 0.0321. The molecule has 0 aliphatic carbocycles. The molecular formula is C8H17NOS. The van der Waals surface area contributed by atoms with E-state index in [-0.39, 0.29) is 11.9 Å². The summed E-state index contributed by atoms with van der Waals surface area (Å²) in [5.74, 6) is 1.36. The van der Waals surface area contributed by atoms with Gasteiger partial charge in [-0.3, -0.25) is 4.79 Å². The first-order valence-electron chi connectivity index (χ1n) is 3.94. The second kappa shape index (κ2) is 5.47. The molecule has 66 valence electrons. The average Bonchev–Trinajstić information content (AvgIpc) is 1.84. The van der Waals surface area contributed by atoms with E-state index in [1.807, 2.05) is 0 Å². The van der Waals surface area contributed by atoms with Crippen LogP contribution in [0.25, 0.3) is 0 Å². The molecular weight excluding hydrogens is 158 g/mol. The van der Waals surface area contributed by atoms with Gasteiger partial charge in [0.2, 0.25) is 5.91 Å². The molecule has 1 amide bonds.